The van der Waals surface area contributed by atoms with E-state index in [0.29, 0.717) is 43.6 Å². The molecule has 0 saturated carbocycles. The normalized spacial score (nSPS) is 15.3. The number of benzene rings is 1. The Bertz CT molecular complexity index is 954. The summed E-state index contributed by atoms with van der Waals surface area (Å²) in [5, 5.41) is 2.62. The van der Waals surface area contributed by atoms with Crippen molar-refractivity contribution in [3.63, 3.8) is 0 Å². The van der Waals surface area contributed by atoms with Crippen molar-refractivity contribution >= 4 is 27.4 Å². The van der Waals surface area contributed by atoms with E-state index in [2.05, 4.69) is 15.3 Å². The van der Waals surface area contributed by atoms with E-state index < -0.39 is 10.0 Å². The molecule has 1 aromatic heterocycles. The summed E-state index contributed by atoms with van der Waals surface area (Å²) < 4.78 is 32.4. The largest absolute Gasteiger partial charge is 0.481 e. The van der Waals surface area contributed by atoms with E-state index >= 15 is 0 Å². The summed E-state index contributed by atoms with van der Waals surface area (Å²) >= 11 is 0. The smallest absolute Gasteiger partial charge is 0.243 e. The second-order valence-electron chi connectivity index (χ2n) is 6.41. The lowest BCUT2D eigenvalue weighted by Crippen LogP contribution is -2.49. The fourth-order valence-corrected chi connectivity index (χ4v) is 4.43. The van der Waals surface area contributed by atoms with E-state index in [1.807, 2.05) is 4.90 Å². The van der Waals surface area contributed by atoms with Gasteiger partial charge in [0.15, 0.2) is 0 Å². The molecule has 0 spiro atoms. The first-order valence-corrected chi connectivity index (χ1v) is 10.3. The van der Waals surface area contributed by atoms with Gasteiger partial charge in [-0.1, -0.05) is 0 Å². The summed E-state index contributed by atoms with van der Waals surface area (Å²) in [6.07, 6.45) is 0. The predicted molar refractivity (Wildman–Crippen MR) is 105 cm³/mol. The van der Waals surface area contributed by atoms with Gasteiger partial charge in [0, 0.05) is 44.9 Å². The zero-order valence-corrected chi connectivity index (χ0v) is 16.9. The highest BCUT2D eigenvalue weighted by Gasteiger charge is 2.29. The number of ether oxygens (including phenoxy) is 1. The summed E-state index contributed by atoms with van der Waals surface area (Å²) in [6.45, 7) is 4.92. The molecule has 0 unspecified atom stereocenters. The van der Waals surface area contributed by atoms with Gasteiger partial charge in [0.25, 0.3) is 0 Å². The van der Waals surface area contributed by atoms with Crippen molar-refractivity contribution in [2.24, 2.45) is 0 Å². The van der Waals surface area contributed by atoms with E-state index in [-0.39, 0.29) is 10.8 Å². The van der Waals surface area contributed by atoms with Gasteiger partial charge in [-0.3, -0.25) is 4.79 Å². The Hall–Kier alpha value is -2.72. The van der Waals surface area contributed by atoms with Crippen LogP contribution in [0, 0.1) is 6.92 Å². The van der Waals surface area contributed by atoms with Crippen LogP contribution < -0.4 is 15.0 Å². The predicted octanol–water partition coefficient (Wildman–Crippen LogP) is 1.26. The summed E-state index contributed by atoms with van der Waals surface area (Å²) in [4.78, 5) is 21.9. The fraction of sp³-hybridized carbons (Fsp3) is 0.389. The number of nitrogens with zero attached hydrogens (tertiary/aromatic N) is 4. The molecule has 10 heteroatoms. The molecule has 1 aliphatic rings. The second kappa shape index (κ2) is 8.11. The van der Waals surface area contributed by atoms with Crippen LogP contribution in [-0.4, -0.2) is 61.9 Å². The van der Waals surface area contributed by atoms with Gasteiger partial charge in [-0.2, -0.15) is 9.29 Å². The second-order valence-corrected chi connectivity index (χ2v) is 8.35. The van der Waals surface area contributed by atoms with E-state index in [0.717, 1.165) is 5.82 Å². The number of carbonyl (C=O) groups is 1. The van der Waals surface area contributed by atoms with Crippen LogP contribution in [0.5, 0.6) is 5.88 Å². The quantitative estimate of drug-likeness (QED) is 0.798. The third-order valence-corrected chi connectivity index (χ3v) is 6.30. The van der Waals surface area contributed by atoms with Gasteiger partial charge in [0.1, 0.15) is 11.6 Å². The van der Waals surface area contributed by atoms with Crippen molar-refractivity contribution in [2.45, 2.75) is 18.7 Å². The third-order valence-electron chi connectivity index (χ3n) is 4.39. The Balaban J connectivity index is 1.70. The van der Waals surface area contributed by atoms with Gasteiger partial charge >= 0.3 is 0 Å². The van der Waals surface area contributed by atoms with Crippen LogP contribution in [-0.2, 0) is 14.8 Å². The number of carbonyl (C=O) groups excluding carboxylic acids is 1. The molecule has 150 valence electrons. The molecule has 0 bridgehead atoms. The Morgan fingerprint density at radius 2 is 1.75 bits per heavy atom. The lowest BCUT2D eigenvalue weighted by molar-refractivity contribution is -0.114. The number of hydrogen-bond donors (Lipinski definition) is 1. The number of rotatable bonds is 5. The molecule has 0 aliphatic carbocycles. The van der Waals surface area contributed by atoms with Gasteiger partial charge in [-0.25, -0.2) is 13.4 Å². The zero-order chi connectivity index (χ0) is 20.3. The maximum absolute atomic E-state index is 12.9. The molecule has 0 atom stereocenters. The van der Waals surface area contributed by atoms with Crippen molar-refractivity contribution in [1.82, 2.24) is 14.3 Å². The average molecular weight is 405 g/mol. The Morgan fingerprint density at radius 1 is 1.11 bits per heavy atom. The highest BCUT2D eigenvalue weighted by Crippen LogP contribution is 2.23. The monoisotopic (exact) mass is 405 g/mol. The molecule has 28 heavy (non-hydrogen) atoms. The lowest BCUT2D eigenvalue weighted by atomic mass is 10.3. The summed E-state index contributed by atoms with van der Waals surface area (Å²) in [7, 11) is -2.05. The molecule has 2 aromatic rings. The highest BCUT2D eigenvalue weighted by atomic mass is 32.2. The van der Waals surface area contributed by atoms with Crippen molar-refractivity contribution < 1.29 is 17.9 Å². The number of aryl methyl sites for hydroxylation is 1. The summed E-state index contributed by atoms with van der Waals surface area (Å²) in [5.74, 6) is 1.60. The van der Waals surface area contributed by atoms with Crippen molar-refractivity contribution in [2.75, 3.05) is 43.5 Å². The van der Waals surface area contributed by atoms with Crippen LogP contribution in [0.25, 0.3) is 0 Å². The number of sulfonamides is 1. The van der Waals surface area contributed by atoms with E-state index in [9.17, 15) is 13.2 Å². The third kappa shape index (κ3) is 4.39. The van der Waals surface area contributed by atoms with Gasteiger partial charge in [-0.05, 0) is 31.2 Å². The Morgan fingerprint density at radius 3 is 2.32 bits per heavy atom. The van der Waals surface area contributed by atoms with Crippen molar-refractivity contribution in [3.05, 3.63) is 36.2 Å². The van der Waals surface area contributed by atoms with E-state index in [1.54, 1.807) is 32.2 Å². The number of piperazine rings is 1. The number of methoxy groups -OCH3 is 1. The lowest BCUT2D eigenvalue weighted by Gasteiger charge is -2.34. The molecular weight excluding hydrogens is 382 g/mol. The van der Waals surface area contributed by atoms with E-state index in [4.69, 9.17) is 4.74 Å². The Kier molecular flexibility index (Phi) is 5.80. The number of amides is 1. The molecule has 1 aromatic carbocycles. The molecular formula is C18H23N5O4S. The maximum atomic E-state index is 12.9. The molecule has 9 nitrogen and oxygen atoms in total. The van der Waals surface area contributed by atoms with Gasteiger partial charge < -0.3 is 15.0 Å². The molecule has 1 saturated heterocycles. The maximum Gasteiger partial charge on any atom is 0.243 e. The Labute approximate surface area is 164 Å². The average Bonchev–Trinajstić information content (AvgIpc) is 2.67. The van der Waals surface area contributed by atoms with Gasteiger partial charge in [-0.15, -0.1) is 0 Å². The number of aromatic nitrogens is 2. The van der Waals surface area contributed by atoms with Gasteiger partial charge in [0.2, 0.25) is 21.8 Å². The number of hydrogen-bond acceptors (Lipinski definition) is 7. The SMILES string of the molecule is COc1cc(N2CCN(S(=O)(=O)c3ccc(NC(C)=O)cc3)CC2)nc(C)n1. The summed E-state index contributed by atoms with van der Waals surface area (Å²) in [5.41, 5.74) is 0.560. The van der Waals surface area contributed by atoms with Crippen LogP contribution >= 0.6 is 0 Å². The van der Waals surface area contributed by atoms with Crippen LogP contribution in [0.4, 0.5) is 11.5 Å². The highest BCUT2D eigenvalue weighted by molar-refractivity contribution is 7.89. The van der Waals surface area contributed by atoms with Crippen LogP contribution in [0.15, 0.2) is 35.2 Å². The first-order valence-electron chi connectivity index (χ1n) is 8.82. The van der Waals surface area contributed by atoms with Crippen molar-refractivity contribution in [3.8, 4) is 5.88 Å². The van der Waals surface area contributed by atoms with Crippen LogP contribution in [0.3, 0.4) is 0 Å². The molecule has 0 radical (unpaired) electrons. The topological polar surface area (TPSA) is 105 Å². The fourth-order valence-electron chi connectivity index (χ4n) is 3.01. The molecule has 1 aliphatic heterocycles. The zero-order valence-electron chi connectivity index (χ0n) is 16.0. The molecule has 2 heterocycles. The molecule has 1 amide bonds. The minimum absolute atomic E-state index is 0.203. The molecule has 1 N–H and O–H groups in total. The summed E-state index contributed by atoms with van der Waals surface area (Å²) in [6, 6.07) is 7.93. The molecule has 1 fully saturated rings. The molecule has 3 rings (SSSR count). The van der Waals surface area contributed by atoms with E-state index in [1.165, 1.54) is 23.4 Å². The number of nitrogens with one attached hydrogen (secondary N) is 1. The minimum atomic E-state index is -3.60. The minimum Gasteiger partial charge on any atom is -0.481 e. The number of anilines is 2. The van der Waals surface area contributed by atoms with Crippen LogP contribution in [0.1, 0.15) is 12.7 Å². The first-order chi connectivity index (χ1) is 13.3. The van der Waals surface area contributed by atoms with Gasteiger partial charge in [0.05, 0.1) is 12.0 Å². The van der Waals surface area contributed by atoms with Crippen molar-refractivity contribution in [1.29, 1.82) is 0 Å². The van der Waals surface area contributed by atoms with Crippen LogP contribution in [0.2, 0.25) is 0 Å². The first kappa shape index (κ1) is 20.0. The standard InChI is InChI=1S/C18H23N5O4S/c1-13-19-17(12-18(20-13)27-3)22-8-10-23(11-9-22)28(25,26)16-6-4-15(5-7-16)21-14(2)24/h4-7,12H,8-11H2,1-3H3,(H,21,24).